The van der Waals surface area contributed by atoms with Gasteiger partial charge in [-0.2, -0.15) is 0 Å². The molecule has 0 amide bonds. The third kappa shape index (κ3) is 4.53. The molecule has 0 unspecified atom stereocenters. The molecule has 2 aromatic heterocycles. The highest BCUT2D eigenvalue weighted by Gasteiger charge is 2.42. The highest BCUT2D eigenvalue weighted by atomic mass is 79.9. The van der Waals surface area contributed by atoms with Crippen LogP contribution in [0.2, 0.25) is 0 Å². The zero-order chi connectivity index (χ0) is 25.4. The van der Waals surface area contributed by atoms with Crippen molar-refractivity contribution in [2.24, 2.45) is 0 Å². The fourth-order valence-electron chi connectivity index (χ4n) is 5.00. The largest absolute Gasteiger partial charge is 0.491 e. The van der Waals surface area contributed by atoms with Gasteiger partial charge in [-0.05, 0) is 116 Å². The molecule has 1 saturated heterocycles. The topological polar surface area (TPSA) is 42.3 Å². The van der Waals surface area contributed by atoms with Crippen molar-refractivity contribution < 1.29 is 4.74 Å². The van der Waals surface area contributed by atoms with Crippen molar-refractivity contribution in [2.75, 3.05) is 4.90 Å². The van der Waals surface area contributed by atoms with Gasteiger partial charge in [0, 0.05) is 27.7 Å². The second kappa shape index (κ2) is 10.1. The Bertz CT molecular complexity index is 1380. The van der Waals surface area contributed by atoms with Crippen LogP contribution in [0.4, 0.5) is 5.69 Å². The number of anilines is 1. The van der Waals surface area contributed by atoms with Crippen LogP contribution in [0.25, 0.3) is 5.69 Å². The lowest BCUT2D eigenvalue weighted by Crippen LogP contribution is -2.29. The van der Waals surface area contributed by atoms with Crippen molar-refractivity contribution in [3.8, 4) is 11.4 Å². The molecule has 5 nitrogen and oxygen atoms in total. The van der Waals surface area contributed by atoms with E-state index in [1.807, 2.05) is 50.4 Å². The second-order valence-electron chi connectivity index (χ2n) is 9.27. The molecule has 0 radical (unpaired) electrons. The minimum Gasteiger partial charge on any atom is -0.491 e. The number of aryl methyl sites for hydroxylation is 1. The van der Waals surface area contributed by atoms with Crippen LogP contribution in [0.3, 0.4) is 0 Å². The van der Waals surface area contributed by atoms with Gasteiger partial charge in [0.1, 0.15) is 5.75 Å². The summed E-state index contributed by atoms with van der Waals surface area (Å²) >= 11 is 9.66. The van der Waals surface area contributed by atoms with Crippen molar-refractivity contribution in [2.45, 2.75) is 45.9 Å². The Hall–Kier alpha value is -3.16. The van der Waals surface area contributed by atoms with Crippen LogP contribution in [0.15, 0.2) is 83.5 Å². The summed E-state index contributed by atoms with van der Waals surface area (Å²) in [6.07, 6.45) is 1.96. The molecule has 1 aliphatic heterocycles. The molecule has 0 aliphatic carbocycles. The molecule has 1 N–H and O–H groups in total. The number of nitrogens with one attached hydrogen (secondary N) is 1. The van der Waals surface area contributed by atoms with Gasteiger partial charge >= 0.3 is 0 Å². The van der Waals surface area contributed by atoms with Crippen molar-refractivity contribution in [3.05, 3.63) is 106 Å². The van der Waals surface area contributed by atoms with Crippen molar-refractivity contribution in [3.63, 3.8) is 0 Å². The monoisotopic (exact) mass is 560 g/mol. The quantitative estimate of drug-likeness (QED) is 0.252. The molecule has 2 atom stereocenters. The van der Waals surface area contributed by atoms with Gasteiger partial charge in [0.2, 0.25) is 0 Å². The van der Waals surface area contributed by atoms with Gasteiger partial charge in [-0.1, -0.05) is 18.2 Å². The first-order valence-electron chi connectivity index (χ1n) is 12.1. The molecule has 0 saturated carbocycles. The van der Waals surface area contributed by atoms with Crippen LogP contribution < -0.4 is 15.0 Å². The number of halogens is 1. The number of para-hydroxylation sites is 1. The maximum atomic E-state index is 5.92. The van der Waals surface area contributed by atoms with Crippen LogP contribution in [0.5, 0.6) is 5.75 Å². The zero-order valence-corrected chi connectivity index (χ0v) is 23.2. The summed E-state index contributed by atoms with van der Waals surface area (Å²) in [6, 6.07) is 24.6. The summed E-state index contributed by atoms with van der Waals surface area (Å²) in [5, 5.41) is 4.25. The van der Waals surface area contributed by atoms with E-state index in [-0.39, 0.29) is 18.2 Å². The lowest BCUT2D eigenvalue weighted by atomic mass is 9.96. The van der Waals surface area contributed by atoms with E-state index in [0.29, 0.717) is 5.11 Å². The number of hydrogen-bond donors (Lipinski definition) is 1. The minimum absolute atomic E-state index is 0.0771. The summed E-state index contributed by atoms with van der Waals surface area (Å²) in [5.74, 6) is 0.844. The van der Waals surface area contributed by atoms with E-state index in [1.165, 1.54) is 11.3 Å². The number of pyridine rings is 1. The average Bonchev–Trinajstić information content (AvgIpc) is 3.35. The molecule has 7 heteroatoms. The summed E-state index contributed by atoms with van der Waals surface area (Å²) in [4.78, 5) is 6.90. The summed E-state index contributed by atoms with van der Waals surface area (Å²) in [7, 11) is 0. The summed E-state index contributed by atoms with van der Waals surface area (Å²) in [6.45, 7) is 8.38. The number of thiocarbonyl (C=S) groups is 1. The Kier molecular flexibility index (Phi) is 6.86. The number of rotatable bonds is 6. The Labute approximate surface area is 226 Å². The number of nitrogens with zero attached hydrogens (tertiary/aromatic N) is 3. The molecule has 184 valence electrons. The van der Waals surface area contributed by atoms with E-state index in [0.717, 1.165) is 33.0 Å². The predicted octanol–water partition coefficient (Wildman–Crippen LogP) is 7.22. The van der Waals surface area contributed by atoms with Crippen LogP contribution in [0, 0.1) is 13.8 Å². The summed E-state index contributed by atoms with van der Waals surface area (Å²) in [5.41, 5.74) is 6.61. The van der Waals surface area contributed by atoms with E-state index in [9.17, 15) is 0 Å². The molecule has 36 heavy (non-hydrogen) atoms. The lowest BCUT2D eigenvalue weighted by Gasteiger charge is -2.28. The van der Waals surface area contributed by atoms with E-state index in [2.05, 4.69) is 87.0 Å². The van der Waals surface area contributed by atoms with Gasteiger partial charge in [-0.15, -0.1) is 0 Å². The molecule has 1 fully saturated rings. The first kappa shape index (κ1) is 24.5. The van der Waals surface area contributed by atoms with Gasteiger partial charge in [0.15, 0.2) is 5.11 Å². The minimum atomic E-state index is -0.0987. The molecule has 3 heterocycles. The first-order valence-corrected chi connectivity index (χ1v) is 13.3. The van der Waals surface area contributed by atoms with Crippen molar-refractivity contribution in [1.82, 2.24) is 14.9 Å². The molecule has 0 bridgehead atoms. The fraction of sp³-hybridized carbons (Fsp3) is 0.241. The lowest BCUT2D eigenvalue weighted by molar-refractivity contribution is 0.242. The van der Waals surface area contributed by atoms with Crippen molar-refractivity contribution >= 4 is 38.9 Å². The SMILES string of the molecule is Cc1cc([C@@H]2[C@@H](c3ccccn3)NC(=S)N2c2ccc(OC(C)C)cc2)c(C)n1-c1ccccc1Br. The van der Waals surface area contributed by atoms with Gasteiger partial charge in [0.05, 0.1) is 29.6 Å². The first-order chi connectivity index (χ1) is 17.3. The van der Waals surface area contributed by atoms with Crippen LogP contribution in [-0.2, 0) is 0 Å². The van der Waals surface area contributed by atoms with Gasteiger partial charge in [0.25, 0.3) is 0 Å². The third-order valence-electron chi connectivity index (χ3n) is 6.47. The number of benzene rings is 2. The Morgan fingerprint density at radius 1 is 1.00 bits per heavy atom. The molecular formula is C29H29BrN4OS. The molecular weight excluding hydrogens is 532 g/mol. The van der Waals surface area contributed by atoms with Crippen LogP contribution in [0.1, 0.15) is 48.6 Å². The second-order valence-corrected chi connectivity index (χ2v) is 10.5. The highest BCUT2D eigenvalue weighted by Crippen LogP contribution is 2.44. The van der Waals surface area contributed by atoms with E-state index in [1.54, 1.807) is 0 Å². The van der Waals surface area contributed by atoms with E-state index in [4.69, 9.17) is 21.9 Å². The Morgan fingerprint density at radius 2 is 1.72 bits per heavy atom. The number of aromatic nitrogens is 2. The Morgan fingerprint density at radius 3 is 2.39 bits per heavy atom. The maximum absolute atomic E-state index is 5.92. The standard InChI is InChI=1S/C29H29BrN4OS/c1-18(2)35-22-14-12-21(13-15-22)34-28(27(32-29(34)36)25-10-7-8-16-31-25)23-17-19(3)33(20(23)4)26-11-6-5-9-24(26)30/h5-18,27-28H,1-4H3,(H,32,36)/t27-,28-/m1/s1. The Balaban J connectivity index is 1.64. The molecule has 0 spiro atoms. The smallest absolute Gasteiger partial charge is 0.174 e. The van der Waals surface area contributed by atoms with Gasteiger partial charge in [-0.25, -0.2) is 0 Å². The zero-order valence-electron chi connectivity index (χ0n) is 20.8. The van der Waals surface area contributed by atoms with E-state index >= 15 is 0 Å². The number of ether oxygens (including phenoxy) is 1. The highest BCUT2D eigenvalue weighted by molar-refractivity contribution is 9.10. The third-order valence-corrected chi connectivity index (χ3v) is 7.45. The maximum Gasteiger partial charge on any atom is 0.174 e. The van der Waals surface area contributed by atoms with Gasteiger partial charge in [-0.3, -0.25) is 4.98 Å². The van der Waals surface area contributed by atoms with Crippen molar-refractivity contribution in [1.29, 1.82) is 0 Å². The number of hydrogen-bond acceptors (Lipinski definition) is 3. The normalized spacial score (nSPS) is 17.5. The average molecular weight is 562 g/mol. The molecule has 1 aliphatic rings. The van der Waals surface area contributed by atoms with Crippen LogP contribution in [-0.4, -0.2) is 20.8 Å². The molecule has 5 rings (SSSR count). The van der Waals surface area contributed by atoms with Crippen LogP contribution >= 0.6 is 28.1 Å². The molecule has 4 aromatic rings. The van der Waals surface area contributed by atoms with Gasteiger partial charge < -0.3 is 19.5 Å². The summed E-state index contributed by atoms with van der Waals surface area (Å²) < 4.78 is 9.23. The predicted molar refractivity (Wildman–Crippen MR) is 153 cm³/mol. The van der Waals surface area contributed by atoms with E-state index < -0.39 is 0 Å². The molecule has 2 aromatic carbocycles. The fourth-order valence-corrected chi connectivity index (χ4v) is 5.81.